The summed E-state index contributed by atoms with van der Waals surface area (Å²) in [5.41, 5.74) is 3.90. The third-order valence-electron chi connectivity index (χ3n) is 7.33. The van der Waals surface area contributed by atoms with Crippen LogP contribution < -0.4 is 15.1 Å². The maximum Gasteiger partial charge on any atom is 0.335 e. The standard InChI is InChI=1S/C32H20N4O6S2/c1-16-7-8-18(13-17(16)2)36-30(40)23(27(37)34-31(36)41)15-20-10-12-26(42-20)44-32-33-24-11-9-19(14-25(24)43-32)35-28(38)21-5-3-4-6-22(21)29(35)39/h3-15H,1-2H3,(H,34,37,41)/b23-15+. The van der Waals surface area contributed by atoms with Gasteiger partial charge in [0.1, 0.15) is 11.3 Å². The summed E-state index contributed by atoms with van der Waals surface area (Å²) >= 11 is 2.60. The molecule has 0 saturated carbocycles. The van der Waals surface area contributed by atoms with Crippen LogP contribution in [0.3, 0.4) is 0 Å². The first-order valence-electron chi connectivity index (χ1n) is 13.3. The molecule has 12 heteroatoms. The molecule has 2 aliphatic heterocycles. The van der Waals surface area contributed by atoms with Gasteiger partial charge in [-0.15, -0.1) is 11.3 Å². The van der Waals surface area contributed by atoms with Crippen LogP contribution in [0.25, 0.3) is 16.3 Å². The van der Waals surface area contributed by atoms with Crippen molar-refractivity contribution in [1.29, 1.82) is 0 Å². The summed E-state index contributed by atoms with van der Waals surface area (Å²) in [6, 6.07) is 19.6. The minimum absolute atomic E-state index is 0.241. The molecule has 4 heterocycles. The molecule has 1 fully saturated rings. The number of rotatable bonds is 5. The smallest absolute Gasteiger partial charge is 0.335 e. The summed E-state index contributed by atoms with van der Waals surface area (Å²) in [4.78, 5) is 70.9. The van der Waals surface area contributed by atoms with Gasteiger partial charge in [0.25, 0.3) is 23.6 Å². The monoisotopic (exact) mass is 620 g/mol. The predicted octanol–water partition coefficient (Wildman–Crippen LogP) is 6.12. The number of nitrogens with one attached hydrogen (secondary N) is 1. The molecular formula is C32H20N4O6S2. The second-order valence-corrected chi connectivity index (χ2v) is 12.4. The predicted molar refractivity (Wildman–Crippen MR) is 165 cm³/mol. The number of urea groups is 1. The SMILES string of the molecule is Cc1ccc(N2C(=O)NC(=O)/C(=C\c3ccc(Sc4nc5ccc(N6C(=O)c7ccccc7C6=O)cc5s4)o3)C2=O)cc1C. The van der Waals surface area contributed by atoms with Gasteiger partial charge in [-0.3, -0.25) is 24.5 Å². The molecule has 6 amide bonds. The molecule has 3 aromatic carbocycles. The van der Waals surface area contributed by atoms with Crippen LogP contribution in [0.4, 0.5) is 16.2 Å². The maximum absolute atomic E-state index is 13.2. The minimum Gasteiger partial charge on any atom is -0.450 e. The normalized spacial score (nSPS) is 16.0. The summed E-state index contributed by atoms with van der Waals surface area (Å²) in [6.07, 6.45) is 1.30. The number of carbonyl (C=O) groups excluding carboxylic acids is 5. The lowest BCUT2D eigenvalue weighted by Gasteiger charge is -2.26. The molecule has 2 aromatic heterocycles. The summed E-state index contributed by atoms with van der Waals surface area (Å²) in [6.45, 7) is 3.79. The van der Waals surface area contributed by atoms with Crippen molar-refractivity contribution in [3.63, 3.8) is 0 Å². The number of fused-ring (bicyclic) bond motifs is 2. The Labute approximate surface area is 258 Å². The molecule has 44 heavy (non-hydrogen) atoms. The molecule has 0 atom stereocenters. The summed E-state index contributed by atoms with van der Waals surface area (Å²) in [5.74, 6) is -2.06. The van der Waals surface area contributed by atoms with E-state index in [0.29, 0.717) is 37.5 Å². The summed E-state index contributed by atoms with van der Waals surface area (Å²) in [5, 5.41) is 2.68. The summed E-state index contributed by atoms with van der Waals surface area (Å²) in [7, 11) is 0. The lowest BCUT2D eigenvalue weighted by atomic mass is 10.1. The Balaban J connectivity index is 1.11. The Morgan fingerprint density at radius 2 is 1.50 bits per heavy atom. The van der Waals surface area contributed by atoms with Gasteiger partial charge in [0.15, 0.2) is 9.43 Å². The van der Waals surface area contributed by atoms with Crippen molar-refractivity contribution in [2.75, 3.05) is 9.80 Å². The van der Waals surface area contributed by atoms with Crippen LogP contribution in [0, 0.1) is 13.8 Å². The number of carbonyl (C=O) groups is 5. The Morgan fingerprint density at radius 1 is 0.795 bits per heavy atom. The highest BCUT2D eigenvalue weighted by Crippen LogP contribution is 2.38. The molecule has 0 radical (unpaired) electrons. The molecule has 1 N–H and O–H groups in total. The van der Waals surface area contributed by atoms with Gasteiger partial charge in [0.2, 0.25) is 0 Å². The highest BCUT2D eigenvalue weighted by Gasteiger charge is 2.38. The van der Waals surface area contributed by atoms with Crippen LogP contribution in [0.1, 0.15) is 37.6 Å². The minimum atomic E-state index is -0.821. The number of barbiturate groups is 1. The first-order chi connectivity index (χ1) is 21.2. The fourth-order valence-electron chi connectivity index (χ4n) is 4.95. The van der Waals surface area contributed by atoms with E-state index in [1.165, 1.54) is 34.1 Å². The van der Waals surface area contributed by atoms with E-state index in [9.17, 15) is 24.0 Å². The van der Waals surface area contributed by atoms with Crippen LogP contribution in [0.15, 0.2) is 92.2 Å². The van der Waals surface area contributed by atoms with Gasteiger partial charge in [-0.2, -0.15) is 0 Å². The topological polar surface area (TPSA) is 130 Å². The first kappa shape index (κ1) is 27.5. The number of anilines is 2. The van der Waals surface area contributed by atoms with E-state index in [0.717, 1.165) is 20.7 Å². The number of amides is 6. The second kappa shape index (κ2) is 10.4. The molecule has 0 bridgehead atoms. The zero-order valence-electron chi connectivity index (χ0n) is 23.1. The van der Waals surface area contributed by atoms with Gasteiger partial charge in [0.05, 0.1) is 32.7 Å². The number of hydrogen-bond donors (Lipinski definition) is 1. The Kier molecular flexibility index (Phi) is 6.52. The van der Waals surface area contributed by atoms with E-state index in [4.69, 9.17) is 4.42 Å². The third-order valence-corrected chi connectivity index (χ3v) is 9.33. The highest BCUT2D eigenvalue weighted by molar-refractivity contribution is 8.01. The summed E-state index contributed by atoms with van der Waals surface area (Å²) < 4.78 is 7.29. The van der Waals surface area contributed by atoms with Crippen LogP contribution in [-0.2, 0) is 9.59 Å². The molecule has 10 nitrogen and oxygen atoms in total. The van der Waals surface area contributed by atoms with Gasteiger partial charge >= 0.3 is 6.03 Å². The zero-order valence-corrected chi connectivity index (χ0v) is 24.7. The molecule has 7 rings (SSSR count). The van der Waals surface area contributed by atoms with E-state index in [1.807, 2.05) is 13.8 Å². The number of aryl methyl sites for hydroxylation is 2. The lowest BCUT2D eigenvalue weighted by Crippen LogP contribution is -2.54. The van der Waals surface area contributed by atoms with Crippen molar-refractivity contribution in [3.8, 4) is 0 Å². The van der Waals surface area contributed by atoms with Gasteiger partial charge in [-0.25, -0.2) is 19.6 Å². The number of thiazole rings is 1. The van der Waals surface area contributed by atoms with Gasteiger partial charge in [-0.05, 0) is 97.4 Å². The molecule has 1 saturated heterocycles. The van der Waals surface area contributed by atoms with Crippen LogP contribution >= 0.6 is 23.1 Å². The van der Waals surface area contributed by atoms with E-state index in [1.54, 1.807) is 72.8 Å². The number of benzene rings is 3. The number of imide groups is 3. The molecule has 216 valence electrons. The number of aromatic nitrogens is 1. The van der Waals surface area contributed by atoms with Crippen LogP contribution in [0.5, 0.6) is 0 Å². The maximum atomic E-state index is 13.2. The molecule has 0 aliphatic carbocycles. The van der Waals surface area contributed by atoms with Gasteiger partial charge in [-0.1, -0.05) is 18.2 Å². The zero-order chi connectivity index (χ0) is 30.7. The largest absolute Gasteiger partial charge is 0.450 e. The van der Waals surface area contributed by atoms with E-state index in [-0.39, 0.29) is 23.1 Å². The van der Waals surface area contributed by atoms with Crippen molar-refractivity contribution in [2.24, 2.45) is 0 Å². The van der Waals surface area contributed by atoms with Crippen LogP contribution in [-0.4, -0.2) is 34.6 Å². The molecular weight excluding hydrogens is 601 g/mol. The average Bonchev–Trinajstić information content (AvgIpc) is 3.68. The highest BCUT2D eigenvalue weighted by atomic mass is 32.2. The quantitative estimate of drug-likeness (QED) is 0.141. The molecule has 2 aliphatic rings. The number of furan rings is 1. The van der Waals surface area contributed by atoms with Gasteiger partial charge < -0.3 is 4.42 Å². The Hall–Kier alpha value is -5.33. The first-order valence-corrected chi connectivity index (χ1v) is 15.0. The van der Waals surface area contributed by atoms with Crippen molar-refractivity contribution in [2.45, 2.75) is 23.3 Å². The van der Waals surface area contributed by atoms with Gasteiger partial charge in [0, 0.05) is 0 Å². The van der Waals surface area contributed by atoms with Crippen molar-refractivity contribution in [1.82, 2.24) is 10.3 Å². The fraction of sp³-hybridized carbons (Fsp3) is 0.0625. The van der Waals surface area contributed by atoms with Crippen molar-refractivity contribution in [3.05, 3.63) is 106 Å². The average molecular weight is 621 g/mol. The Bertz CT molecular complexity index is 2090. The van der Waals surface area contributed by atoms with E-state index in [2.05, 4.69) is 10.3 Å². The van der Waals surface area contributed by atoms with E-state index < -0.39 is 17.8 Å². The third kappa shape index (κ3) is 4.60. The van der Waals surface area contributed by atoms with E-state index >= 15 is 0 Å². The van der Waals surface area contributed by atoms with Crippen LogP contribution in [0.2, 0.25) is 0 Å². The number of hydrogen-bond acceptors (Lipinski definition) is 9. The number of nitrogens with zero attached hydrogens (tertiary/aromatic N) is 3. The lowest BCUT2D eigenvalue weighted by molar-refractivity contribution is -0.122. The van der Waals surface area contributed by atoms with Crippen molar-refractivity contribution >= 4 is 80.4 Å². The molecule has 0 unspecified atom stereocenters. The molecule has 0 spiro atoms. The molecule has 5 aromatic rings. The Morgan fingerprint density at radius 3 is 2.23 bits per heavy atom. The second-order valence-electron chi connectivity index (χ2n) is 10.1. The van der Waals surface area contributed by atoms with Crippen molar-refractivity contribution < 1.29 is 28.4 Å². The fourth-order valence-corrected chi connectivity index (χ4v) is 6.95.